The summed E-state index contributed by atoms with van der Waals surface area (Å²) in [7, 11) is 3.16. The van der Waals surface area contributed by atoms with Crippen LogP contribution >= 0.6 is 0 Å². The number of carbonyl (C=O) groups is 1. The zero-order valence-electron chi connectivity index (χ0n) is 9.54. The van der Waals surface area contributed by atoms with Gasteiger partial charge in [-0.25, -0.2) is 9.78 Å². The summed E-state index contributed by atoms with van der Waals surface area (Å²) < 4.78 is 6.29. The minimum Gasteiger partial charge on any atom is -0.464 e. The topological polar surface area (TPSA) is 69.0 Å². The molecule has 2 aromatic rings. The van der Waals surface area contributed by atoms with Gasteiger partial charge in [0.2, 0.25) is 0 Å². The zero-order chi connectivity index (χ0) is 12.3. The summed E-state index contributed by atoms with van der Waals surface area (Å²) in [5, 5.41) is 7.15. The Labute approximate surface area is 98.2 Å². The monoisotopic (exact) mass is 232 g/mol. The molecule has 0 saturated heterocycles. The Kier molecular flexibility index (Phi) is 3.04. The molecular weight excluding hydrogens is 220 g/mol. The summed E-state index contributed by atoms with van der Waals surface area (Å²) in [6, 6.07) is 3.39. The number of hydrogen-bond donors (Lipinski definition) is 1. The Balaban J connectivity index is 2.19. The summed E-state index contributed by atoms with van der Waals surface area (Å²) >= 11 is 0. The SMILES string of the molecule is COC(=O)c1cc(Nc2cnn(C)c2)ccn1. The first kappa shape index (κ1) is 11.1. The van der Waals surface area contributed by atoms with Crippen molar-refractivity contribution in [2.24, 2.45) is 7.05 Å². The molecule has 17 heavy (non-hydrogen) atoms. The third-order valence-corrected chi connectivity index (χ3v) is 2.15. The van der Waals surface area contributed by atoms with E-state index >= 15 is 0 Å². The number of aryl methyl sites for hydroxylation is 1. The van der Waals surface area contributed by atoms with Gasteiger partial charge < -0.3 is 10.1 Å². The molecule has 6 heteroatoms. The maximum absolute atomic E-state index is 11.3. The van der Waals surface area contributed by atoms with Crippen LogP contribution in [-0.4, -0.2) is 27.8 Å². The average molecular weight is 232 g/mol. The van der Waals surface area contributed by atoms with E-state index in [0.717, 1.165) is 11.4 Å². The van der Waals surface area contributed by atoms with Crippen molar-refractivity contribution in [3.05, 3.63) is 36.4 Å². The van der Waals surface area contributed by atoms with Crippen molar-refractivity contribution in [3.8, 4) is 0 Å². The molecule has 2 rings (SSSR count). The molecule has 0 aliphatic carbocycles. The number of nitrogens with zero attached hydrogens (tertiary/aromatic N) is 3. The first-order valence-corrected chi connectivity index (χ1v) is 4.99. The highest BCUT2D eigenvalue weighted by Crippen LogP contribution is 2.15. The van der Waals surface area contributed by atoms with Crippen molar-refractivity contribution in [3.63, 3.8) is 0 Å². The molecule has 0 amide bonds. The van der Waals surface area contributed by atoms with Crippen LogP contribution in [-0.2, 0) is 11.8 Å². The molecule has 2 heterocycles. The Morgan fingerprint density at radius 1 is 1.47 bits per heavy atom. The highest BCUT2D eigenvalue weighted by atomic mass is 16.5. The van der Waals surface area contributed by atoms with E-state index in [1.807, 2.05) is 13.2 Å². The number of nitrogens with one attached hydrogen (secondary N) is 1. The summed E-state index contributed by atoms with van der Waals surface area (Å²) in [6.45, 7) is 0. The van der Waals surface area contributed by atoms with Gasteiger partial charge in [-0.3, -0.25) is 4.68 Å². The van der Waals surface area contributed by atoms with Gasteiger partial charge in [0.25, 0.3) is 0 Å². The van der Waals surface area contributed by atoms with Gasteiger partial charge in [-0.2, -0.15) is 5.10 Å². The maximum atomic E-state index is 11.3. The first-order valence-electron chi connectivity index (χ1n) is 4.99. The molecular formula is C11H12N4O2. The summed E-state index contributed by atoms with van der Waals surface area (Å²) in [5.74, 6) is -0.458. The fraction of sp³-hybridized carbons (Fsp3) is 0.182. The number of ether oxygens (including phenoxy) is 1. The fourth-order valence-electron chi connectivity index (χ4n) is 1.38. The maximum Gasteiger partial charge on any atom is 0.356 e. The van der Waals surface area contributed by atoms with Crippen molar-refractivity contribution in [2.75, 3.05) is 12.4 Å². The number of hydrogen-bond acceptors (Lipinski definition) is 5. The number of carbonyl (C=O) groups excluding carboxylic acids is 1. The van der Waals surface area contributed by atoms with E-state index in [-0.39, 0.29) is 5.69 Å². The van der Waals surface area contributed by atoms with Crippen LogP contribution in [0, 0.1) is 0 Å². The number of pyridine rings is 1. The first-order chi connectivity index (χ1) is 8.19. The van der Waals surface area contributed by atoms with Crippen molar-refractivity contribution in [1.82, 2.24) is 14.8 Å². The smallest absolute Gasteiger partial charge is 0.356 e. The largest absolute Gasteiger partial charge is 0.464 e. The highest BCUT2D eigenvalue weighted by Gasteiger charge is 2.07. The van der Waals surface area contributed by atoms with Gasteiger partial charge in [0.1, 0.15) is 5.69 Å². The van der Waals surface area contributed by atoms with Gasteiger partial charge in [-0.15, -0.1) is 0 Å². The minimum atomic E-state index is -0.458. The normalized spacial score (nSPS) is 10.0. The van der Waals surface area contributed by atoms with Crippen LogP contribution in [0.5, 0.6) is 0 Å². The van der Waals surface area contributed by atoms with Gasteiger partial charge in [0, 0.05) is 25.1 Å². The predicted molar refractivity (Wildman–Crippen MR) is 62.1 cm³/mol. The lowest BCUT2D eigenvalue weighted by molar-refractivity contribution is 0.0594. The Morgan fingerprint density at radius 2 is 2.29 bits per heavy atom. The van der Waals surface area contributed by atoms with Crippen LogP contribution in [0.1, 0.15) is 10.5 Å². The molecule has 0 fully saturated rings. The van der Waals surface area contributed by atoms with Crippen molar-refractivity contribution in [1.29, 1.82) is 0 Å². The van der Waals surface area contributed by atoms with Gasteiger partial charge in [-0.05, 0) is 12.1 Å². The molecule has 0 atom stereocenters. The van der Waals surface area contributed by atoms with Crippen LogP contribution < -0.4 is 5.32 Å². The quantitative estimate of drug-likeness (QED) is 0.809. The lowest BCUT2D eigenvalue weighted by Crippen LogP contribution is -2.04. The lowest BCUT2D eigenvalue weighted by Gasteiger charge is -2.04. The van der Waals surface area contributed by atoms with E-state index in [2.05, 4.69) is 20.1 Å². The summed E-state index contributed by atoms with van der Waals surface area (Å²) in [5.41, 5.74) is 1.87. The third kappa shape index (κ3) is 2.60. The van der Waals surface area contributed by atoms with Gasteiger partial charge in [0.15, 0.2) is 0 Å². The molecule has 1 N–H and O–H groups in total. The molecule has 0 bridgehead atoms. The number of aromatic nitrogens is 3. The molecule has 2 aromatic heterocycles. The van der Waals surface area contributed by atoms with Gasteiger partial charge in [-0.1, -0.05) is 0 Å². The highest BCUT2D eigenvalue weighted by molar-refractivity contribution is 5.88. The van der Waals surface area contributed by atoms with E-state index in [9.17, 15) is 4.79 Å². The summed E-state index contributed by atoms with van der Waals surface area (Å²) in [6.07, 6.45) is 5.07. The number of methoxy groups -OCH3 is 1. The molecule has 88 valence electrons. The fourth-order valence-corrected chi connectivity index (χ4v) is 1.38. The standard InChI is InChI=1S/C11H12N4O2/c1-15-7-9(6-13-15)14-8-3-4-12-10(5-8)11(16)17-2/h3-7H,1-2H3,(H,12,14). The molecule has 0 saturated carbocycles. The number of esters is 1. The zero-order valence-corrected chi connectivity index (χ0v) is 9.54. The second-order valence-electron chi connectivity index (χ2n) is 3.45. The third-order valence-electron chi connectivity index (χ3n) is 2.15. The van der Waals surface area contributed by atoms with E-state index in [1.54, 1.807) is 29.2 Å². The Morgan fingerprint density at radius 3 is 2.94 bits per heavy atom. The van der Waals surface area contributed by atoms with E-state index in [4.69, 9.17) is 0 Å². The van der Waals surface area contributed by atoms with Crippen LogP contribution in [0.4, 0.5) is 11.4 Å². The van der Waals surface area contributed by atoms with Gasteiger partial charge >= 0.3 is 5.97 Å². The average Bonchev–Trinajstić information content (AvgIpc) is 2.74. The number of anilines is 2. The second-order valence-corrected chi connectivity index (χ2v) is 3.45. The lowest BCUT2D eigenvalue weighted by atomic mass is 10.3. The molecule has 0 aliphatic heterocycles. The summed E-state index contributed by atoms with van der Waals surface area (Å²) in [4.78, 5) is 15.2. The second kappa shape index (κ2) is 4.65. The molecule has 0 radical (unpaired) electrons. The molecule has 0 unspecified atom stereocenters. The van der Waals surface area contributed by atoms with E-state index in [1.165, 1.54) is 7.11 Å². The van der Waals surface area contributed by atoms with Crippen LogP contribution in [0.25, 0.3) is 0 Å². The van der Waals surface area contributed by atoms with Crippen molar-refractivity contribution >= 4 is 17.3 Å². The van der Waals surface area contributed by atoms with Crippen molar-refractivity contribution < 1.29 is 9.53 Å². The Bertz CT molecular complexity index is 536. The molecule has 6 nitrogen and oxygen atoms in total. The predicted octanol–water partition coefficient (Wildman–Crippen LogP) is 1.35. The van der Waals surface area contributed by atoms with Gasteiger partial charge in [0.05, 0.1) is 19.0 Å². The Hall–Kier alpha value is -2.37. The van der Waals surface area contributed by atoms with Crippen LogP contribution in [0.15, 0.2) is 30.7 Å². The molecule has 0 aliphatic rings. The minimum absolute atomic E-state index is 0.265. The molecule has 0 aromatic carbocycles. The van der Waals surface area contributed by atoms with E-state index < -0.39 is 5.97 Å². The van der Waals surface area contributed by atoms with E-state index in [0.29, 0.717) is 0 Å². The van der Waals surface area contributed by atoms with Crippen LogP contribution in [0.2, 0.25) is 0 Å². The van der Waals surface area contributed by atoms with Crippen LogP contribution in [0.3, 0.4) is 0 Å². The molecule has 0 spiro atoms. The van der Waals surface area contributed by atoms with Crippen molar-refractivity contribution in [2.45, 2.75) is 0 Å². The number of rotatable bonds is 3.